The summed E-state index contributed by atoms with van der Waals surface area (Å²) >= 11 is 0. The largest absolute Gasteiger partial charge is 0.479 e. The first kappa shape index (κ1) is 11.9. The number of hydrogen-bond acceptors (Lipinski definition) is 4. The molecule has 0 aromatic heterocycles. The molecule has 0 radical (unpaired) electrons. The predicted octanol–water partition coefficient (Wildman–Crippen LogP) is -0.964. The van der Waals surface area contributed by atoms with Gasteiger partial charge in [-0.2, -0.15) is 0 Å². The van der Waals surface area contributed by atoms with Gasteiger partial charge in [0.25, 0.3) is 0 Å². The van der Waals surface area contributed by atoms with E-state index in [1.54, 1.807) is 0 Å². The molecule has 3 N–H and O–H groups in total. The summed E-state index contributed by atoms with van der Waals surface area (Å²) in [5.74, 6) is -1.25. The van der Waals surface area contributed by atoms with E-state index in [0.717, 1.165) is 0 Å². The molecule has 1 fully saturated rings. The molecule has 15 heavy (non-hydrogen) atoms. The number of carboxylic acids is 1. The lowest BCUT2D eigenvalue weighted by Crippen LogP contribution is -2.53. The smallest absolute Gasteiger partial charge is 0.334 e. The number of morpholine rings is 1. The number of carbonyl (C=O) groups excluding carboxylic acids is 1. The zero-order chi connectivity index (χ0) is 11.4. The average molecular weight is 216 g/mol. The molecule has 1 aliphatic heterocycles. The van der Waals surface area contributed by atoms with E-state index in [2.05, 4.69) is 0 Å². The Kier molecular flexibility index (Phi) is 4.05. The fourth-order valence-corrected chi connectivity index (χ4v) is 1.41. The summed E-state index contributed by atoms with van der Waals surface area (Å²) in [4.78, 5) is 23.8. The first-order valence-electron chi connectivity index (χ1n) is 4.95. The minimum Gasteiger partial charge on any atom is -0.479 e. The van der Waals surface area contributed by atoms with E-state index >= 15 is 0 Å². The van der Waals surface area contributed by atoms with Gasteiger partial charge in [-0.05, 0) is 6.42 Å². The second-order valence-electron chi connectivity index (χ2n) is 3.50. The Bertz CT molecular complexity index is 256. The van der Waals surface area contributed by atoms with Gasteiger partial charge in [0.2, 0.25) is 5.91 Å². The summed E-state index contributed by atoms with van der Waals surface area (Å²) in [6, 6.07) is -0.544. The molecule has 6 heteroatoms. The second kappa shape index (κ2) is 5.09. The van der Waals surface area contributed by atoms with Crippen LogP contribution in [0, 0.1) is 0 Å². The van der Waals surface area contributed by atoms with Gasteiger partial charge >= 0.3 is 5.97 Å². The molecular formula is C9H16N2O4. The van der Waals surface area contributed by atoms with Gasteiger partial charge in [-0.25, -0.2) is 4.79 Å². The van der Waals surface area contributed by atoms with Gasteiger partial charge in [0.1, 0.15) is 0 Å². The van der Waals surface area contributed by atoms with E-state index in [-0.39, 0.29) is 19.1 Å². The summed E-state index contributed by atoms with van der Waals surface area (Å²) in [7, 11) is 0. The third-order valence-electron chi connectivity index (χ3n) is 2.41. The Labute approximate surface area is 88.0 Å². The quantitative estimate of drug-likeness (QED) is 0.633. The van der Waals surface area contributed by atoms with E-state index < -0.39 is 18.1 Å². The van der Waals surface area contributed by atoms with Crippen molar-refractivity contribution in [2.45, 2.75) is 25.5 Å². The SMILES string of the molecule is CC[C@@H](N)C(=O)N1CCOC(C(=O)O)C1. The van der Waals surface area contributed by atoms with Crippen molar-refractivity contribution in [3.63, 3.8) is 0 Å². The van der Waals surface area contributed by atoms with Crippen LogP contribution < -0.4 is 5.73 Å². The minimum atomic E-state index is -1.04. The van der Waals surface area contributed by atoms with Crippen molar-refractivity contribution in [2.75, 3.05) is 19.7 Å². The normalized spacial score (nSPS) is 23.6. The standard InChI is InChI=1S/C9H16N2O4/c1-2-6(10)8(12)11-3-4-15-7(5-11)9(13)14/h6-7H,2-5,10H2,1H3,(H,13,14)/t6-,7?/m1/s1. The molecule has 1 rings (SSSR count). The van der Waals surface area contributed by atoms with Crippen LogP contribution in [-0.4, -0.2) is 53.7 Å². The number of nitrogens with two attached hydrogens (primary N) is 1. The molecule has 86 valence electrons. The first-order chi connectivity index (χ1) is 7.06. The lowest BCUT2D eigenvalue weighted by molar-refractivity contribution is -0.159. The molecule has 0 aliphatic carbocycles. The zero-order valence-electron chi connectivity index (χ0n) is 8.68. The van der Waals surface area contributed by atoms with Crippen LogP contribution in [0.3, 0.4) is 0 Å². The summed E-state index contributed by atoms with van der Waals surface area (Å²) in [5.41, 5.74) is 5.59. The van der Waals surface area contributed by atoms with Crippen molar-refractivity contribution in [3.8, 4) is 0 Å². The lowest BCUT2D eigenvalue weighted by atomic mass is 10.2. The van der Waals surface area contributed by atoms with Crippen LogP contribution in [0.1, 0.15) is 13.3 Å². The highest BCUT2D eigenvalue weighted by Crippen LogP contribution is 2.07. The van der Waals surface area contributed by atoms with Crippen molar-refractivity contribution in [2.24, 2.45) is 5.73 Å². The minimum absolute atomic E-state index is 0.0852. The number of nitrogens with zero attached hydrogens (tertiary/aromatic N) is 1. The fraction of sp³-hybridized carbons (Fsp3) is 0.778. The van der Waals surface area contributed by atoms with Crippen LogP contribution in [-0.2, 0) is 14.3 Å². The molecular weight excluding hydrogens is 200 g/mol. The number of rotatable bonds is 3. The van der Waals surface area contributed by atoms with E-state index in [9.17, 15) is 9.59 Å². The summed E-state index contributed by atoms with van der Waals surface area (Å²) in [6.07, 6.45) is -0.375. The van der Waals surface area contributed by atoms with Crippen LogP contribution in [0.15, 0.2) is 0 Å². The van der Waals surface area contributed by atoms with Gasteiger partial charge in [-0.1, -0.05) is 6.92 Å². The van der Waals surface area contributed by atoms with E-state index in [4.69, 9.17) is 15.6 Å². The molecule has 0 spiro atoms. The molecule has 1 saturated heterocycles. The van der Waals surface area contributed by atoms with Gasteiger partial charge in [-0.3, -0.25) is 4.79 Å². The Balaban J connectivity index is 2.56. The number of amides is 1. The van der Waals surface area contributed by atoms with Crippen molar-refractivity contribution in [3.05, 3.63) is 0 Å². The van der Waals surface area contributed by atoms with Gasteiger partial charge < -0.3 is 20.5 Å². The van der Waals surface area contributed by atoms with E-state index in [0.29, 0.717) is 13.0 Å². The topological polar surface area (TPSA) is 92.9 Å². The predicted molar refractivity (Wildman–Crippen MR) is 52.2 cm³/mol. The molecule has 0 aromatic carbocycles. The van der Waals surface area contributed by atoms with Crippen molar-refractivity contribution in [1.82, 2.24) is 4.90 Å². The molecule has 1 heterocycles. The van der Waals surface area contributed by atoms with Crippen LogP contribution in [0.5, 0.6) is 0 Å². The van der Waals surface area contributed by atoms with Crippen LogP contribution >= 0.6 is 0 Å². The maximum absolute atomic E-state index is 11.6. The summed E-state index contributed by atoms with van der Waals surface area (Å²) in [5, 5.41) is 8.74. The molecule has 6 nitrogen and oxygen atoms in total. The maximum Gasteiger partial charge on any atom is 0.334 e. The first-order valence-corrected chi connectivity index (χ1v) is 4.95. The monoisotopic (exact) mass is 216 g/mol. The molecule has 0 bridgehead atoms. The average Bonchev–Trinajstić information content (AvgIpc) is 2.27. The summed E-state index contributed by atoms with van der Waals surface area (Å²) in [6.45, 7) is 2.56. The number of carbonyl (C=O) groups is 2. The highest BCUT2D eigenvalue weighted by atomic mass is 16.5. The van der Waals surface area contributed by atoms with Gasteiger partial charge in [0.05, 0.1) is 19.2 Å². The number of ether oxygens (including phenoxy) is 1. The van der Waals surface area contributed by atoms with Gasteiger partial charge in [-0.15, -0.1) is 0 Å². The number of hydrogen-bond donors (Lipinski definition) is 2. The second-order valence-corrected chi connectivity index (χ2v) is 3.50. The van der Waals surface area contributed by atoms with E-state index in [1.807, 2.05) is 6.92 Å². The third-order valence-corrected chi connectivity index (χ3v) is 2.41. The zero-order valence-corrected chi connectivity index (χ0v) is 8.68. The fourth-order valence-electron chi connectivity index (χ4n) is 1.41. The Hall–Kier alpha value is -1.14. The van der Waals surface area contributed by atoms with Crippen molar-refractivity contribution >= 4 is 11.9 Å². The lowest BCUT2D eigenvalue weighted by Gasteiger charge is -2.32. The van der Waals surface area contributed by atoms with Crippen LogP contribution in [0.25, 0.3) is 0 Å². The molecule has 1 unspecified atom stereocenters. The number of aliphatic carboxylic acids is 1. The maximum atomic E-state index is 11.6. The highest BCUT2D eigenvalue weighted by Gasteiger charge is 2.30. The highest BCUT2D eigenvalue weighted by molar-refractivity contribution is 5.82. The molecule has 0 aromatic rings. The summed E-state index contributed by atoms with van der Waals surface area (Å²) < 4.78 is 5.00. The molecule has 0 saturated carbocycles. The molecule has 1 aliphatic rings. The Morgan fingerprint density at radius 3 is 2.87 bits per heavy atom. The third kappa shape index (κ3) is 2.90. The molecule has 1 amide bonds. The van der Waals surface area contributed by atoms with Crippen molar-refractivity contribution < 1.29 is 19.4 Å². The van der Waals surface area contributed by atoms with Gasteiger partial charge in [0, 0.05) is 6.54 Å². The van der Waals surface area contributed by atoms with E-state index in [1.165, 1.54) is 4.90 Å². The molecule has 2 atom stereocenters. The number of carboxylic acid groups (broad SMARTS) is 1. The van der Waals surface area contributed by atoms with Gasteiger partial charge in [0.15, 0.2) is 6.10 Å². The van der Waals surface area contributed by atoms with Crippen LogP contribution in [0.2, 0.25) is 0 Å². The van der Waals surface area contributed by atoms with Crippen LogP contribution in [0.4, 0.5) is 0 Å². The van der Waals surface area contributed by atoms with Crippen molar-refractivity contribution in [1.29, 1.82) is 0 Å². The Morgan fingerprint density at radius 1 is 1.67 bits per heavy atom. The Morgan fingerprint density at radius 2 is 2.33 bits per heavy atom.